The van der Waals surface area contributed by atoms with Crippen molar-refractivity contribution in [1.29, 1.82) is 0 Å². The molecular weight excluding hydrogens is 452 g/mol. The Kier molecular flexibility index (Phi) is 6.03. The molecule has 156 valence electrons. The third-order valence-corrected chi connectivity index (χ3v) is 12.3. The van der Waals surface area contributed by atoms with Crippen molar-refractivity contribution in [3.05, 3.63) is 0 Å². The van der Waals surface area contributed by atoms with Gasteiger partial charge in [0.15, 0.2) is 50.5 Å². The first-order valence-corrected chi connectivity index (χ1v) is 11.3. The molecule has 6 nitrogen and oxygen atoms in total. The zero-order chi connectivity index (χ0) is 21.0. The van der Waals surface area contributed by atoms with E-state index >= 15 is 0 Å². The second-order valence-corrected chi connectivity index (χ2v) is 12.6. The van der Waals surface area contributed by atoms with Crippen molar-refractivity contribution in [2.45, 2.75) is 45.5 Å². The van der Waals surface area contributed by atoms with Gasteiger partial charge in [-0.3, -0.25) is 0 Å². The fourth-order valence-electron chi connectivity index (χ4n) is 2.32. The third kappa shape index (κ3) is 3.65. The van der Waals surface area contributed by atoms with Gasteiger partial charge in [0.25, 0.3) is 13.8 Å². The van der Waals surface area contributed by atoms with Gasteiger partial charge in [-0.25, -0.2) is 47.2 Å². The van der Waals surface area contributed by atoms with E-state index in [1.807, 2.05) is 0 Å². The smallest absolute Gasteiger partial charge is 0.243 e. The third-order valence-electron chi connectivity index (χ3n) is 3.42. The van der Waals surface area contributed by atoms with E-state index in [2.05, 4.69) is 0 Å². The predicted octanol–water partition coefficient (Wildman–Crippen LogP) is 0.737. The molecule has 0 bridgehead atoms. The SMILES string of the molecule is CS(=O)(=O)C(S(=O)(=O)C1C(F)C(F)C(F)C(F)C1F)S(=O)(=O)C(F)(F)F. The van der Waals surface area contributed by atoms with Crippen LogP contribution < -0.4 is 0 Å². The summed E-state index contributed by atoms with van der Waals surface area (Å²) in [7, 11) is -19.5. The van der Waals surface area contributed by atoms with Gasteiger partial charge in [0.2, 0.25) is 0 Å². The van der Waals surface area contributed by atoms with Gasteiger partial charge in [0.1, 0.15) is 5.25 Å². The average molecular weight is 462 g/mol. The topological polar surface area (TPSA) is 102 Å². The summed E-state index contributed by atoms with van der Waals surface area (Å²) in [5.41, 5.74) is -6.51. The molecule has 0 aromatic heterocycles. The molecule has 0 aromatic carbocycles. The number of alkyl halides is 8. The lowest BCUT2D eigenvalue weighted by molar-refractivity contribution is -0.0481. The van der Waals surface area contributed by atoms with Crippen LogP contribution in [-0.2, 0) is 29.5 Å². The Hall–Kier alpha value is -0.710. The van der Waals surface area contributed by atoms with Crippen LogP contribution in [0.25, 0.3) is 0 Å². The van der Waals surface area contributed by atoms with Crippen molar-refractivity contribution >= 4 is 29.5 Å². The van der Waals surface area contributed by atoms with E-state index in [4.69, 9.17) is 0 Å². The van der Waals surface area contributed by atoms with Gasteiger partial charge < -0.3 is 0 Å². The van der Waals surface area contributed by atoms with E-state index in [0.717, 1.165) is 0 Å². The van der Waals surface area contributed by atoms with Crippen LogP contribution in [0.4, 0.5) is 35.1 Å². The van der Waals surface area contributed by atoms with E-state index in [0.29, 0.717) is 0 Å². The maximum Gasteiger partial charge on any atom is 0.499 e. The molecule has 0 radical (unpaired) electrons. The van der Waals surface area contributed by atoms with E-state index in [-0.39, 0.29) is 6.26 Å². The lowest BCUT2D eigenvalue weighted by Gasteiger charge is -2.36. The van der Waals surface area contributed by atoms with Crippen molar-refractivity contribution in [3.63, 3.8) is 0 Å². The first kappa shape index (κ1) is 23.3. The molecule has 5 atom stereocenters. The molecule has 1 rings (SSSR count). The largest absolute Gasteiger partial charge is 0.499 e. The van der Waals surface area contributed by atoms with Gasteiger partial charge in [-0.1, -0.05) is 0 Å². The highest BCUT2D eigenvalue weighted by molar-refractivity contribution is 8.24. The van der Waals surface area contributed by atoms with Gasteiger partial charge in [-0.05, 0) is 0 Å². The normalized spacial score (nSPS) is 35.9. The zero-order valence-electron chi connectivity index (χ0n) is 12.2. The molecule has 0 N–H and O–H groups in total. The van der Waals surface area contributed by atoms with Crippen LogP contribution >= 0.6 is 0 Å². The second kappa shape index (κ2) is 6.72. The molecule has 1 saturated carbocycles. The number of sulfone groups is 3. The fourth-order valence-corrected chi connectivity index (χ4v) is 10.4. The van der Waals surface area contributed by atoms with Gasteiger partial charge >= 0.3 is 5.51 Å². The molecule has 5 unspecified atom stereocenters. The molecule has 0 aromatic rings. The minimum atomic E-state index is -7.15. The Morgan fingerprint density at radius 2 is 1.00 bits per heavy atom. The highest BCUT2D eigenvalue weighted by Gasteiger charge is 2.67. The summed E-state index contributed by atoms with van der Waals surface area (Å²) in [6.45, 7) is 0. The summed E-state index contributed by atoms with van der Waals surface area (Å²) in [6.07, 6.45) is -18.9. The Morgan fingerprint density at radius 3 is 1.27 bits per heavy atom. The van der Waals surface area contributed by atoms with Gasteiger partial charge in [0.05, 0.1) is 0 Å². The molecule has 0 saturated heterocycles. The van der Waals surface area contributed by atoms with Crippen LogP contribution in [0.15, 0.2) is 0 Å². The Balaban J connectivity index is 3.72. The quantitative estimate of drug-likeness (QED) is 0.571. The van der Waals surface area contributed by atoms with E-state index < -0.39 is 75.0 Å². The molecule has 1 aliphatic rings. The number of hydrogen-bond donors (Lipinski definition) is 0. The predicted molar refractivity (Wildman–Crippen MR) is 70.8 cm³/mol. The van der Waals surface area contributed by atoms with E-state index in [9.17, 15) is 60.4 Å². The number of hydrogen-bond acceptors (Lipinski definition) is 6. The first-order valence-electron chi connectivity index (χ1n) is 6.21. The Bertz CT molecular complexity index is 834. The molecule has 17 heteroatoms. The van der Waals surface area contributed by atoms with Gasteiger partial charge in [-0.15, -0.1) is 0 Å². The number of halogens is 8. The van der Waals surface area contributed by atoms with Crippen LogP contribution in [0.3, 0.4) is 0 Å². The standard InChI is InChI=1S/C9H10F8O6S3/c1-24(18,19)8(26(22,23)9(15,16)17)25(20,21)7-5(13)3(11)2(10)4(12)6(7)14/h2-8H,1H3. The van der Waals surface area contributed by atoms with Crippen molar-refractivity contribution in [2.24, 2.45) is 0 Å². The highest BCUT2D eigenvalue weighted by Crippen LogP contribution is 2.41. The molecular formula is C9H10F8O6S3. The van der Waals surface area contributed by atoms with Crippen molar-refractivity contribution in [2.75, 3.05) is 6.26 Å². The highest BCUT2D eigenvalue weighted by atomic mass is 32.3. The average Bonchev–Trinajstić information content (AvgIpc) is 2.39. The minimum absolute atomic E-state index is 0.306. The van der Waals surface area contributed by atoms with Crippen LogP contribution in [0, 0.1) is 0 Å². The van der Waals surface area contributed by atoms with Crippen molar-refractivity contribution in [3.8, 4) is 0 Å². The molecule has 0 heterocycles. The van der Waals surface area contributed by atoms with Crippen LogP contribution in [0.5, 0.6) is 0 Å². The maximum absolute atomic E-state index is 13.8. The molecule has 1 aliphatic carbocycles. The van der Waals surface area contributed by atoms with Crippen molar-refractivity contribution in [1.82, 2.24) is 0 Å². The van der Waals surface area contributed by atoms with E-state index in [1.54, 1.807) is 0 Å². The Labute approximate surface area is 142 Å². The van der Waals surface area contributed by atoms with Gasteiger partial charge in [0, 0.05) is 6.26 Å². The molecule has 0 amide bonds. The van der Waals surface area contributed by atoms with Gasteiger partial charge in [-0.2, -0.15) is 13.2 Å². The zero-order valence-corrected chi connectivity index (χ0v) is 14.7. The summed E-state index contributed by atoms with van der Waals surface area (Å²) >= 11 is 0. The summed E-state index contributed by atoms with van der Waals surface area (Å²) in [5, 5.41) is -3.84. The lowest BCUT2D eigenvalue weighted by Crippen LogP contribution is -2.62. The molecule has 1 fully saturated rings. The van der Waals surface area contributed by atoms with Crippen LogP contribution in [0.1, 0.15) is 0 Å². The van der Waals surface area contributed by atoms with Crippen LogP contribution in [0.2, 0.25) is 0 Å². The summed E-state index contributed by atoms with van der Waals surface area (Å²) < 4.78 is 170. The second-order valence-electron chi connectivity index (χ2n) is 5.38. The molecule has 0 aliphatic heterocycles. The molecule has 0 spiro atoms. The minimum Gasteiger partial charge on any atom is -0.243 e. The van der Waals surface area contributed by atoms with Crippen molar-refractivity contribution < 1.29 is 60.4 Å². The summed E-state index contributed by atoms with van der Waals surface area (Å²) in [6, 6.07) is 0. The monoisotopic (exact) mass is 462 g/mol. The number of rotatable bonds is 4. The summed E-state index contributed by atoms with van der Waals surface area (Å²) in [4.78, 5) is 0. The first-order chi connectivity index (χ1) is 11.3. The maximum atomic E-state index is 13.8. The Morgan fingerprint density at radius 1 is 0.692 bits per heavy atom. The van der Waals surface area contributed by atoms with E-state index in [1.165, 1.54) is 0 Å². The fraction of sp³-hybridized carbons (Fsp3) is 1.00. The van der Waals surface area contributed by atoms with Crippen LogP contribution in [-0.4, -0.2) is 77.0 Å². The summed E-state index contributed by atoms with van der Waals surface area (Å²) in [5.74, 6) is 0. The molecule has 26 heavy (non-hydrogen) atoms. The lowest BCUT2D eigenvalue weighted by atomic mass is 9.91.